The topological polar surface area (TPSA) is 458 Å². The first-order valence-corrected chi connectivity index (χ1v) is 42.1. The van der Waals surface area contributed by atoms with Crippen molar-refractivity contribution in [3.05, 3.63) is 0 Å². The summed E-state index contributed by atoms with van der Waals surface area (Å²) in [5.74, 6) is -1.62. The molecule has 3 fully saturated rings. The highest BCUT2D eigenvalue weighted by Crippen LogP contribution is 2.46. The van der Waals surface area contributed by atoms with E-state index in [0.29, 0.717) is 45.1 Å². The number of hydrogen-bond acceptors (Lipinski definition) is 32. The van der Waals surface area contributed by atoms with Crippen LogP contribution in [0.2, 0.25) is 0 Å². The van der Waals surface area contributed by atoms with Gasteiger partial charge in [0.25, 0.3) is 0 Å². The molecule has 41 heteroatoms. The maximum atomic E-state index is 11.8. The average molecular weight is 1530 g/mol. The minimum atomic E-state index is -3.70. The Labute approximate surface area is 577 Å². The van der Waals surface area contributed by atoms with Crippen molar-refractivity contribution in [1.29, 1.82) is 0 Å². The van der Waals surface area contributed by atoms with Gasteiger partial charge in [-0.1, -0.05) is 26.7 Å². The van der Waals surface area contributed by atoms with Crippen molar-refractivity contribution in [1.82, 2.24) is 5.32 Å². The van der Waals surface area contributed by atoms with Crippen LogP contribution in [0.5, 0.6) is 0 Å². The van der Waals surface area contributed by atoms with E-state index in [2.05, 4.69) is 5.32 Å². The van der Waals surface area contributed by atoms with Crippen molar-refractivity contribution in [3.63, 3.8) is 0 Å². The van der Waals surface area contributed by atoms with E-state index in [9.17, 15) is 70.3 Å². The van der Waals surface area contributed by atoms with E-state index in [1.165, 1.54) is 14.0 Å². The Morgan fingerprint density at radius 2 is 0.674 bits per heavy atom. The first-order valence-electron chi connectivity index (χ1n) is 31.8. The van der Waals surface area contributed by atoms with Crippen LogP contribution in [0.4, 0.5) is 0 Å². The van der Waals surface area contributed by atoms with Crippen LogP contribution in [0, 0.1) is 17.3 Å². The van der Waals surface area contributed by atoms with Gasteiger partial charge < -0.3 is 154 Å². The largest absolute Gasteiger partial charge is 0.394 e. The smallest absolute Gasteiger partial charge is 0.324 e. The zero-order valence-electron chi connectivity index (χ0n) is 54.5. The number of aliphatic hydroxyl groups excluding tert-OH is 9. The van der Waals surface area contributed by atoms with Crippen molar-refractivity contribution < 1.29 is 154 Å². The number of aliphatic hydroxyl groups is 9. The minimum absolute atomic E-state index is 0.00260. The lowest BCUT2D eigenvalue weighted by Gasteiger charge is -2.42. The summed E-state index contributed by atoms with van der Waals surface area (Å²) in [7, 11) is 1.29. The standard InChI is InChI=1S/C54H107NO32P4S4/c1-38-45(60)47(62)41(31-56)85-51(38)75-21-9-11-25-79-89(67,93)81-27-13-18-72-35-54(34-71-17-7-5-6-8-24-78-88(66,92)70-4,37-74-20-15-29-83-91(69,95)84-30-16-23-76-52-39(2)46(61)48(63)42(32-57)86-52)36-73-19-14-28-82-90(68,94)80-26-12-10-22-77-53-44(55-40(3)59)50(65)49(64)43(33-58)87-53/h38-39,41-53,56-58,60-65H,5-37H2,1-4H3,(H,55,59)(H,66,92)(H,67,93)(H,68,94)(H,69,95)/t38?,39?,41?,42?,43?,44?,45-,46-,47+,48+,49+,50-,51-,52-,53-,54?,88?,89?,90?,91?/m1/s1. The molecule has 0 spiro atoms. The third-order valence-corrected chi connectivity index (χ3v) is 21.6. The van der Waals surface area contributed by atoms with Crippen LogP contribution in [0.3, 0.4) is 0 Å². The molecule has 0 aromatic rings. The molecule has 3 saturated heterocycles. The third-order valence-electron chi connectivity index (χ3n) is 15.0. The fourth-order valence-electron chi connectivity index (χ4n) is 9.47. The lowest BCUT2D eigenvalue weighted by atomic mass is 9.92. The van der Waals surface area contributed by atoms with Crippen LogP contribution in [0.25, 0.3) is 0 Å². The van der Waals surface area contributed by atoms with E-state index >= 15 is 0 Å². The summed E-state index contributed by atoms with van der Waals surface area (Å²) in [6.07, 6.45) is -8.25. The van der Waals surface area contributed by atoms with Crippen molar-refractivity contribution in [3.8, 4) is 0 Å². The van der Waals surface area contributed by atoms with Crippen molar-refractivity contribution in [2.24, 2.45) is 17.3 Å². The van der Waals surface area contributed by atoms with E-state index in [1.54, 1.807) is 13.8 Å². The van der Waals surface area contributed by atoms with E-state index in [0.717, 1.165) is 12.8 Å². The van der Waals surface area contributed by atoms with Crippen LogP contribution in [-0.2, 0) is 136 Å². The molecule has 564 valence electrons. The van der Waals surface area contributed by atoms with Gasteiger partial charge in [0.2, 0.25) is 5.91 Å². The van der Waals surface area contributed by atoms with Gasteiger partial charge in [0, 0.05) is 65.5 Å². The molecular formula is C54H107NO32P4S4. The maximum absolute atomic E-state index is 11.8. The molecule has 0 saturated carbocycles. The summed E-state index contributed by atoms with van der Waals surface area (Å²) in [5.41, 5.74) is -0.946. The van der Waals surface area contributed by atoms with Gasteiger partial charge in [-0.2, -0.15) is 0 Å². The average Bonchev–Trinajstić information content (AvgIpc) is 0.830. The lowest BCUT2D eigenvalue weighted by Crippen LogP contribution is -2.64. The lowest BCUT2D eigenvalue weighted by molar-refractivity contribution is -0.282. The maximum Gasteiger partial charge on any atom is 0.324 e. The molecule has 0 bridgehead atoms. The van der Waals surface area contributed by atoms with Crippen LogP contribution >= 0.6 is 26.9 Å². The number of unbranched alkanes of at least 4 members (excludes halogenated alkanes) is 5. The Morgan fingerprint density at radius 1 is 0.400 bits per heavy atom. The molecule has 20 atom stereocenters. The van der Waals surface area contributed by atoms with E-state index in [-0.39, 0.29) is 138 Å². The monoisotopic (exact) mass is 1530 g/mol. The Bertz CT molecular complexity index is 2260. The Hall–Kier alpha value is 0.830. The second-order valence-electron chi connectivity index (χ2n) is 23.0. The van der Waals surface area contributed by atoms with Gasteiger partial charge >= 0.3 is 26.9 Å². The Kier molecular flexibility index (Phi) is 46.2. The molecule has 33 nitrogen and oxygen atoms in total. The predicted octanol–water partition coefficient (Wildman–Crippen LogP) is 0.494. The van der Waals surface area contributed by atoms with Crippen molar-refractivity contribution in [2.75, 3.05) is 146 Å². The van der Waals surface area contributed by atoms with E-state index < -0.39 is 150 Å². The number of carbonyl (C=O) groups is 1. The van der Waals surface area contributed by atoms with E-state index in [4.69, 9.17) is 131 Å². The quantitative estimate of drug-likeness (QED) is 0.0291. The van der Waals surface area contributed by atoms with E-state index in [1.807, 2.05) is 0 Å². The van der Waals surface area contributed by atoms with Crippen LogP contribution in [0.15, 0.2) is 0 Å². The third kappa shape index (κ3) is 36.4. The zero-order valence-corrected chi connectivity index (χ0v) is 61.3. The fraction of sp³-hybridized carbons (Fsp3) is 0.981. The number of carbonyl (C=O) groups excluding carboxylic acids is 1. The van der Waals surface area contributed by atoms with Crippen molar-refractivity contribution in [2.45, 2.75) is 178 Å². The molecule has 0 aromatic carbocycles. The highest BCUT2D eigenvalue weighted by Gasteiger charge is 2.46. The van der Waals surface area contributed by atoms with Gasteiger partial charge in [-0.3, -0.25) is 4.79 Å². The second kappa shape index (κ2) is 48.8. The SMILES string of the molecule is COP(O)(=S)OCCCCCCOCC(COCCCOP(O)(=S)OCCCCO[C@@H]1OC(CO)[C@H](O)[C@H](O)C1C)(COCCCOP(O)(=S)OCCCCO[C@@H]1OC(CO)[C@H](O)[C@H](O)C1NC(C)=O)COCCCOP(O)(=S)OCCCO[C@@H]1OC(CO)[C@H](O)[C@H](O)C1C. The van der Waals surface area contributed by atoms with Gasteiger partial charge in [0.1, 0.15) is 48.8 Å². The summed E-state index contributed by atoms with van der Waals surface area (Å²) in [4.78, 5) is 53.9. The number of amides is 1. The molecule has 3 aliphatic rings. The summed E-state index contributed by atoms with van der Waals surface area (Å²) in [6, 6.07) is -1.10. The number of hydrogen-bond donors (Lipinski definition) is 14. The number of ether oxygens (including phenoxy) is 10. The number of rotatable bonds is 56. The Morgan fingerprint density at radius 3 is 1.03 bits per heavy atom. The summed E-state index contributed by atoms with van der Waals surface area (Å²) in [5, 5.41) is 92.7. The summed E-state index contributed by atoms with van der Waals surface area (Å²) in [6.45, 7) is -9.91. The zero-order chi connectivity index (χ0) is 70.5. The molecule has 14 N–H and O–H groups in total. The molecule has 1 amide bonds. The Balaban J connectivity index is 1.57. The molecule has 3 heterocycles. The fourth-order valence-corrected chi connectivity index (χ4v) is 13.9. The van der Waals surface area contributed by atoms with Crippen LogP contribution < -0.4 is 5.32 Å². The minimum Gasteiger partial charge on any atom is -0.394 e. The molecule has 3 aliphatic heterocycles. The highest BCUT2D eigenvalue weighted by molar-refractivity contribution is 8.08. The molecule has 0 radical (unpaired) electrons. The molecule has 11 unspecified atom stereocenters. The van der Waals surface area contributed by atoms with Gasteiger partial charge in [-0.25, -0.2) is 0 Å². The van der Waals surface area contributed by atoms with Crippen LogP contribution in [-0.4, -0.2) is 297 Å². The molecule has 0 aliphatic carbocycles. The molecule has 3 rings (SSSR count). The predicted molar refractivity (Wildman–Crippen MR) is 353 cm³/mol. The molecule has 0 aromatic heterocycles. The van der Waals surface area contributed by atoms with Gasteiger partial charge in [-0.05, 0) is 111 Å². The normalized spacial score (nSPS) is 29.8. The van der Waals surface area contributed by atoms with Gasteiger partial charge in [0.05, 0.1) is 117 Å². The first-order chi connectivity index (χ1) is 45.1. The summed E-state index contributed by atoms with van der Waals surface area (Å²) >= 11 is 20.6. The van der Waals surface area contributed by atoms with Crippen molar-refractivity contribution >= 4 is 80.0 Å². The molecular weight excluding hydrogens is 1430 g/mol. The molecule has 95 heavy (non-hydrogen) atoms. The first kappa shape index (κ1) is 90.0. The summed E-state index contributed by atoms with van der Waals surface area (Å²) < 4.78 is 102. The highest BCUT2D eigenvalue weighted by atomic mass is 32.5. The van der Waals surface area contributed by atoms with Gasteiger partial charge in [0.15, 0.2) is 18.9 Å². The van der Waals surface area contributed by atoms with Gasteiger partial charge in [-0.15, -0.1) is 0 Å². The second-order valence-corrected chi connectivity index (χ2v) is 34.5. The number of nitrogens with one attached hydrogen (secondary N) is 1. The van der Waals surface area contributed by atoms with Crippen LogP contribution in [0.1, 0.15) is 97.8 Å².